The second-order valence-corrected chi connectivity index (χ2v) is 10.6. The lowest BCUT2D eigenvalue weighted by Gasteiger charge is -2.42. The maximum Gasteiger partial charge on any atom is 0.224 e. The van der Waals surface area contributed by atoms with E-state index in [0.29, 0.717) is 62.9 Å². The number of morpholine rings is 1. The van der Waals surface area contributed by atoms with Gasteiger partial charge in [0.15, 0.2) is 21.4 Å². The third-order valence-corrected chi connectivity index (χ3v) is 8.26. The summed E-state index contributed by atoms with van der Waals surface area (Å²) in [6.45, 7) is 4.33. The quantitative estimate of drug-likeness (QED) is 0.530. The van der Waals surface area contributed by atoms with E-state index >= 15 is 0 Å². The minimum absolute atomic E-state index is 0.0529. The molecule has 1 aliphatic carbocycles. The third-order valence-electron chi connectivity index (χ3n) is 6.07. The second kappa shape index (κ2) is 7.46. The molecule has 3 heterocycles. The van der Waals surface area contributed by atoms with E-state index in [-0.39, 0.29) is 11.3 Å². The van der Waals surface area contributed by atoms with Crippen molar-refractivity contribution in [1.29, 1.82) is 0 Å². The largest absolute Gasteiger partial charge is 0.486 e. The molecule has 0 spiro atoms. The fraction of sp³-hybridized carbons (Fsp3) is 0.684. The van der Waals surface area contributed by atoms with E-state index in [0.717, 1.165) is 12.8 Å². The molecule has 4 rings (SSSR count). The molecule has 1 aromatic heterocycles. The summed E-state index contributed by atoms with van der Waals surface area (Å²) in [5, 5.41) is 0.0568. The zero-order chi connectivity index (χ0) is 19.9. The fourth-order valence-corrected chi connectivity index (χ4v) is 6.17. The predicted octanol–water partition coefficient (Wildman–Crippen LogP) is 2.88. The van der Waals surface area contributed by atoms with Gasteiger partial charge in [0.2, 0.25) is 5.28 Å². The van der Waals surface area contributed by atoms with Crippen LogP contribution in [-0.2, 0) is 19.3 Å². The first-order valence-electron chi connectivity index (χ1n) is 9.72. The number of sulfone groups is 1. The van der Waals surface area contributed by atoms with Crippen molar-refractivity contribution in [1.82, 2.24) is 9.97 Å². The smallest absolute Gasteiger partial charge is 0.224 e. The minimum atomic E-state index is -3.48. The van der Waals surface area contributed by atoms with Crippen molar-refractivity contribution in [2.75, 3.05) is 37.5 Å². The van der Waals surface area contributed by atoms with E-state index in [1.807, 2.05) is 0 Å². The van der Waals surface area contributed by atoms with Crippen LogP contribution in [0.3, 0.4) is 0 Å². The van der Waals surface area contributed by atoms with Crippen LogP contribution >= 0.6 is 11.6 Å². The zero-order valence-corrected chi connectivity index (χ0v) is 17.9. The first kappa shape index (κ1) is 19.9. The molecule has 0 aromatic carbocycles. The number of fused-ring (bicyclic) bond motifs is 3. The van der Waals surface area contributed by atoms with Crippen molar-refractivity contribution in [2.45, 2.75) is 49.8 Å². The van der Waals surface area contributed by atoms with Crippen LogP contribution in [0.15, 0.2) is 11.6 Å². The topological polar surface area (TPSA) is 81.6 Å². The van der Waals surface area contributed by atoms with Crippen molar-refractivity contribution in [3.05, 3.63) is 22.6 Å². The summed E-state index contributed by atoms with van der Waals surface area (Å²) in [4.78, 5) is 11.0. The Kier molecular flexibility index (Phi) is 5.31. The Morgan fingerprint density at radius 1 is 1.29 bits per heavy atom. The van der Waals surface area contributed by atoms with Gasteiger partial charge in [0.1, 0.15) is 17.0 Å². The lowest BCUT2D eigenvalue weighted by atomic mass is 9.87. The highest BCUT2D eigenvalue weighted by atomic mass is 35.5. The molecule has 28 heavy (non-hydrogen) atoms. The number of halogens is 1. The van der Waals surface area contributed by atoms with Crippen molar-refractivity contribution >= 4 is 27.3 Å². The average molecular weight is 428 g/mol. The summed E-state index contributed by atoms with van der Waals surface area (Å²) < 4.78 is 36.7. The van der Waals surface area contributed by atoms with Crippen molar-refractivity contribution < 1.29 is 17.9 Å². The molecule has 1 saturated heterocycles. The predicted molar refractivity (Wildman–Crippen MR) is 108 cm³/mol. The van der Waals surface area contributed by atoms with Gasteiger partial charge in [0.05, 0.1) is 19.3 Å². The molecule has 2 atom stereocenters. The number of aromatic nitrogens is 2. The zero-order valence-electron chi connectivity index (χ0n) is 16.3. The lowest BCUT2D eigenvalue weighted by Crippen LogP contribution is -2.52. The molecule has 154 valence electrons. The standard InChI is InChI=1S/C19H26ClN3O4S/c1-13-5-3-7-19(8-4-6-13,28(2,24)25)16-15-17(22-18(20)21-16)23-9-10-26-11-14(23)12-27-15/h5,14H,3-4,6-12H2,1-2H3/b13-5+. The van der Waals surface area contributed by atoms with Gasteiger partial charge in [-0.15, -0.1) is 0 Å². The molecule has 0 saturated carbocycles. The first-order valence-corrected chi connectivity index (χ1v) is 12.0. The molecule has 7 nitrogen and oxygen atoms in total. The Hall–Kier alpha value is -1.38. The minimum Gasteiger partial charge on any atom is -0.486 e. The van der Waals surface area contributed by atoms with Gasteiger partial charge in [0, 0.05) is 12.8 Å². The Bertz CT molecular complexity index is 905. The van der Waals surface area contributed by atoms with Crippen LogP contribution < -0.4 is 9.64 Å². The monoisotopic (exact) mass is 427 g/mol. The maximum absolute atomic E-state index is 13.1. The van der Waals surface area contributed by atoms with Crippen LogP contribution in [0.4, 0.5) is 5.82 Å². The maximum atomic E-state index is 13.1. The van der Waals surface area contributed by atoms with E-state index in [1.165, 1.54) is 11.8 Å². The van der Waals surface area contributed by atoms with E-state index in [2.05, 4.69) is 27.9 Å². The van der Waals surface area contributed by atoms with Crippen LogP contribution in [0.2, 0.25) is 5.28 Å². The van der Waals surface area contributed by atoms with Crippen LogP contribution in [0.1, 0.15) is 44.7 Å². The van der Waals surface area contributed by atoms with E-state index < -0.39 is 14.6 Å². The van der Waals surface area contributed by atoms with Gasteiger partial charge >= 0.3 is 0 Å². The van der Waals surface area contributed by atoms with Crippen molar-refractivity contribution in [2.24, 2.45) is 0 Å². The Balaban J connectivity index is 1.87. The molecular formula is C19H26ClN3O4S. The summed E-state index contributed by atoms with van der Waals surface area (Å²) in [6, 6.07) is 0.0529. The number of anilines is 1. The highest BCUT2D eigenvalue weighted by molar-refractivity contribution is 7.91. The molecule has 2 aliphatic heterocycles. The Morgan fingerprint density at radius 2 is 2.11 bits per heavy atom. The first-order chi connectivity index (χ1) is 13.3. The SMILES string of the molecule is C/C1=C\CCC(c2nc(Cl)nc3c2OCC2COCCN32)(S(C)(=O)=O)CCC1. The lowest BCUT2D eigenvalue weighted by molar-refractivity contribution is 0.0689. The molecular weight excluding hydrogens is 402 g/mol. The fourth-order valence-electron chi connectivity index (χ4n) is 4.51. The summed E-state index contributed by atoms with van der Waals surface area (Å²) in [6.07, 6.45) is 6.71. The highest BCUT2D eigenvalue weighted by Gasteiger charge is 2.48. The van der Waals surface area contributed by atoms with Crippen molar-refractivity contribution in [3.63, 3.8) is 0 Å². The van der Waals surface area contributed by atoms with E-state index in [1.54, 1.807) is 0 Å². The van der Waals surface area contributed by atoms with Gasteiger partial charge < -0.3 is 14.4 Å². The molecule has 0 N–H and O–H groups in total. The molecule has 2 unspecified atom stereocenters. The molecule has 3 aliphatic rings. The van der Waals surface area contributed by atoms with Crippen LogP contribution in [0.5, 0.6) is 5.75 Å². The van der Waals surface area contributed by atoms with Gasteiger partial charge in [-0.05, 0) is 50.6 Å². The van der Waals surface area contributed by atoms with E-state index in [9.17, 15) is 8.42 Å². The molecule has 1 fully saturated rings. The van der Waals surface area contributed by atoms with Crippen LogP contribution in [-0.4, -0.2) is 57.0 Å². The van der Waals surface area contributed by atoms with Gasteiger partial charge in [-0.1, -0.05) is 11.6 Å². The number of hydrogen-bond donors (Lipinski definition) is 0. The number of rotatable bonds is 2. The average Bonchev–Trinajstić information content (AvgIpc) is 2.63. The molecule has 1 aromatic rings. The molecule has 0 amide bonds. The number of ether oxygens (including phenoxy) is 2. The highest BCUT2D eigenvalue weighted by Crippen LogP contribution is 2.48. The van der Waals surface area contributed by atoms with Crippen molar-refractivity contribution in [3.8, 4) is 5.75 Å². The number of allylic oxidation sites excluding steroid dienone is 2. The third kappa shape index (κ3) is 3.39. The van der Waals surface area contributed by atoms with Gasteiger partial charge in [-0.2, -0.15) is 4.98 Å². The Labute approximate surface area is 171 Å². The summed E-state index contributed by atoms with van der Waals surface area (Å²) in [7, 11) is -3.48. The summed E-state index contributed by atoms with van der Waals surface area (Å²) in [5.74, 6) is 1.06. The van der Waals surface area contributed by atoms with Gasteiger partial charge in [-0.25, -0.2) is 13.4 Å². The Morgan fingerprint density at radius 3 is 2.89 bits per heavy atom. The molecule has 9 heteroatoms. The van der Waals surface area contributed by atoms with Crippen LogP contribution in [0, 0.1) is 0 Å². The summed E-state index contributed by atoms with van der Waals surface area (Å²) >= 11 is 6.30. The second-order valence-electron chi connectivity index (χ2n) is 7.94. The molecule has 0 bridgehead atoms. The number of nitrogens with zero attached hydrogens (tertiary/aromatic N) is 3. The van der Waals surface area contributed by atoms with E-state index in [4.69, 9.17) is 21.1 Å². The molecule has 0 radical (unpaired) electrons. The number of hydrogen-bond acceptors (Lipinski definition) is 7. The van der Waals surface area contributed by atoms with Gasteiger partial charge in [-0.3, -0.25) is 0 Å². The van der Waals surface area contributed by atoms with Gasteiger partial charge in [0.25, 0.3) is 0 Å². The normalized spacial score (nSPS) is 30.2. The van der Waals surface area contributed by atoms with Crippen LogP contribution in [0.25, 0.3) is 0 Å². The summed E-state index contributed by atoms with van der Waals surface area (Å²) in [5.41, 5.74) is 1.72.